The molecule has 12 heteroatoms. The van der Waals surface area contributed by atoms with E-state index in [9.17, 15) is 0 Å². The summed E-state index contributed by atoms with van der Waals surface area (Å²) in [6, 6.07) is 0. The number of rotatable bonds is 0. The van der Waals surface area contributed by atoms with E-state index in [1.807, 2.05) is 0 Å². The van der Waals surface area contributed by atoms with Crippen LogP contribution in [0.25, 0.3) is 0 Å². The second-order valence-electron chi connectivity index (χ2n) is 2.08. The molecule has 0 saturated heterocycles. The summed E-state index contributed by atoms with van der Waals surface area (Å²) in [5.74, 6) is -3.33. The molecule has 0 aromatic heterocycles. The van der Waals surface area contributed by atoms with Crippen molar-refractivity contribution in [3.05, 3.63) is 0 Å². The summed E-state index contributed by atoms with van der Waals surface area (Å²) >= 11 is 0. The second kappa shape index (κ2) is 42.8. The van der Waals surface area contributed by atoms with Crippen LogP contribution in [0.1, 0.15) is 27.7 Å². The molecule has 0 aliphatic rings. The molecular formula is C8H22N2Na2O8+2. The van der Waals surface area contributed by atoms with Crippen LogP contribution >= 0.6 is 0 Å². The van der Waals surface area contributed by atoms with Crippen molar-refractivity contribution in [2.45, 2.75) is 27.7 Å². The fraction of sp³-hybridized carbons (Fsp3) is 0.500. The minimum absolute atomic E-state index is 0. The van der Waals surface area contributed by atoms with Gasteiger partial charge < -0.3 is 32.7 Å². The van der Waals surface area contributed by atoms with E-state index in [0.29, 0.717) is 0 Å². The summed E-state index contributed by atoms with van der Waals surface area (Å²) in [6.45, 7) is 4.33. The van der Waals surface area contributed by atoms with Crippen LogP contribution in [-0.4, -0.2) is 44.3 Å². The molecule has 10 N–H and O–H groups in total. The fourth-order valence-electron chi connectivity index (χ4n) is 0. The third-order valence-electron chi connectivity index (χ3n) is 0. The fourth-order valence-corrected chi connectivity index (χ4v) is 0. The number of carboxylic acid groups (broad SMARTS) is 4. The predicted molar refractivity (Wildman–Crippen MR) is 63.3 cm³/mol. The van der Waals surface area contributed by atoms with E-state index in [2.05, 4.69) is 0 Å². The van der Waals surface area contributed by atoms with E-state index in [1.54, 1.807) is 0 Å². The van der Waals surface area contributed by atoms with Crippen molar-refractivity contribution >= 4 is 23.9 Å². The normalized spacial score (nSPS) is 5.00. The van der Waals surface area contributed by atoms with Gasteiger partial charge in [0.1, 0.15) is 0 Å². The Morgan fingerprint density at radius 3 is 0.500 bits per heavy atom. The number of hydrogen-bond acceptors (Lipinski definition) is 6. The standard InChI is InChI=1S/4C2H4O2.2H3N.2Na/c4*1-2(3)4;;;;/h4*1H3,(H,3,4);2*1H3;;/q;;;;;;2*+1. The van der Waals surface area contributed by atoms with Crippen LogP contribution in [0.4, 0.5) is 0 Å². The first kappa shape index (κ1) is 50.3. The monoisotopic (exact) mass is 320 g/mol. The van der Waals surface area contributed by atoms with Gasteiger partial charge in [-0.25, -0.2) is 0 Å². The molecule has 20 heavy (non-hydrogen) atoms. The van der Waals surface area contributed by atoms with Crippen molar-refractivity contribution < 1.29 is 98.7 Å². The van der Waals surface area contributed by atoms with Crippen molar-refractivity contribution in [3.8, 4) is 0 Å². The van der Waals surface area contributed by atoms with Crippen LogP contribution in [0.5, 0.6) is 0 Å². The molecule has 0 rings (SSSR count). The van der Waals surface area contributed by atoms with E-state index in [-0.39, 0.29) is 71.4 Å². The third-order valence-corrected chi connectivity index (χ3v) is 0. The van der Waals surface area contributed by atoms with Crippen molar-refractivity contribution in [1.82, 2.24) is 12.3 Å². The van der Waals surface area contributed by atoms with Gasteiger partial charge in [0.05, 0.1) is 0 Å². The zero-order valence-corrected chi connectivity index (χ0v) is 16.8. The Balaban J connectivity index is -0.0000000150. The summed E-state index contributed by atoms with van der Waals surface area (Å²) < 4.78 is 0. The number of carboxylic acids is 4. The number of carbonyl (C=O) groups is 4. The Morgan fingerprint density at radius 1 is 0.500 bits per heavy atom. The van der Waals surface area contributed by atoms with E-state index in [0.717, 1.165) is 27.7 Å². The van der Waals surface area contributed by atoms with Crippen molar-refractivity contribution in [1.29, 1.82) is 0 Å². The first-order valence-corrected chi connectivity index (χ1v) is 3.71. The smallest absolute Gasteiger partial charge is 0.481 e. The summed E-state index contributed by atoms with van der Waals surface area (Å²) in [5.41, 5.74) is 0. The van der Waals surface area contributed by atoms with Crippen LogP contribution in [0.3, 0.4) is 0 Å². The Bertz CT molecular complexity index is 175. The third kappa shape index (κ3) is 126000. The van der Waals surface area contributed by atoms with Crippen LogP contribution in [0, 0.1) is 0 Å². The van der Waals surface area contributed by atoms with Crippen LogP contribution in [-0.2, 0) is 19.2 Å². The van der Waals surface area contributed by atoms with Crippen molar-refractivity contribution in [2.75, 3.05) is 0 Å². The molecule has 0 aromatic carbocycles. The summed E-state index contributed by atoms with van der Waals surface area (Å²) in [5, 5.41) is 29.7. The maximum absolute atomic E-state index is 9.00. The number of aliphatic carboxylic acids is 4. The quantitative estimate of drug-likeness (QED) is 0.233. The van der Waals surface area contributed by atoms with Crippen LogP contribution in [0.15, 0.2) is 0 Å². The molecule has 0 aliphatic heterocycles. The molecule has 112 valence electrons. The SMILES string of the molecule is CC(=O)O.CC(=O)O.CC(=O)O.CC(=O)O.N.N.[Na+].[Na+]. The van der Waals surface area contributed by atoms with Gasteiger partial charge in [-0.3, -0.25) is 19.2 Å². The van der Waals surface area contributed by atoms with Gasteiger partial charge in [0.25, 0.3) is 23.9 Å². The zero-order valence-electron chi connectivity index (χ0n) is 12.8. The maximum atomic E-state index is 9.00. The molecule has 0 amide bonds. The molecule has 0 saturated carbocycles. The molecule has 0 atom stereocenters. The molecule has 0 bridgehead atoms. The van der Waals surface area contributed by atoms with E-state index < -0.39 is 23.9 Å². The number of hydrogen-bond donors (Lipinski definition) is 6. The van der Waals surface area contributed by atoms with Crippen LogP contribution < -0.4 is 71.4 Å². The van der Waals surface area contributed by atoms with Gasteiger partial charge in [-0.05, 0) is 0 Å². The molecule has 0 heterocycles. The molecule has 0 unspecified atom stereocenters. The van der Waals surface area contributed by atoms with Crippen molar-refractivity contribution in [3.63, 3.8) is 0 Å². The van der Waals surface area contributed by atoms with Gasteiger partial charge >= 0.3 is 59.1 Å². The van der Waals surface area contributed by atoms with Gasteiger partial charge in [-0.1, -0.05) is 0 Å². The van der Waals surface area contributed by atoms with Gasteiger partial charge in [-0.2, -0.15) is 0 Å². The largest absolute Gasteiger partial charge is 1.00 e. The Kier molecular flexibility index (Phi) is 108. The second-order valence-corrected chi connectivity index (χ2v) is 2.08. The molecule has 0 aromatic rings. The summed E-state index contributed by atoms with van der Waals surface area (Å²) in [6.07, 6.45) is 0. The zero-order chi connectivity index (χ0) is 14.3. The van der Waals surface area contributed by atoms with Gasteiger partial charge in [0, 0.05) is 27.7 Å². The van der Waals surface area contributed by atoms with E-state index in [1.165, 1.54) is 0 Å². The Morgan fingerprint density at radius 2 is 0.500 bits per heavy atom. The first-order valence-electron chi connectivity index (χ1n) is 3.71. The van der Waals surface area contributed by atoms with Gasteiger partial charge in [0.15, 0.2) is 0 Å². The molecule has 0 spiro atoms. The molecule has 0 radical (unpaired) electrons. The minimum Gasteiger partial charge on any atom is -0.481 e. The topological polar surface area (TPSA) is 219 Å². The molecule has 10 nitrogen and oxygen atoms in total. The summed E-state index contributed by atoms with van der Waals surface area (Å²) in [4.78, 5) is 36.0. The Labute approximate surface area is 161 Å². The van der Waals surface area contributed by atoms with E-state index >= 15 is 0 Å². The average Bonchev–Trinajstić information content (AvgIpc) is 1.76. The van der Waals surface area contributed by atoms with Gasteiger partial charge in [-0.15, -0.1) is 0 Å². The Hall–Kier alpha value is -0.200. The molecule has 0 aliphatic carbocycles. The van der Waals surface area contributed by atoms with Gasteiger partial charge in [0.2, 0.25) is 0 Å². The average molecular weight is 320 g/mol. The predicted octanol–water partition coefficient (Wildman–Crippen LogP) is -5.30. The minimum atomic E-state index is -0.833. The van der Waals surface area contributed by atoms with E-state index in [4.69, 9.17) is 39.6 Å². The van der Waals surface area contributed by atoms with Crippen molar-refractivity contribution in [2.24, 2.45) is 0 Å². The first-order chi connectivity index (χ1) is 6.93. The molecular weight excluding hydrogens is 298 g/mol. The maximum Gasteiger partial charge on any atom is 1.00 e. The summed E-state index contributed by atoms with van der Waals surface area (Å²) in [7, 11) is 0. The van der Waals surface area contributed by atoms with Crippen LogP contribution in [0.2, 0.25) is 0 Å². The molecule has 0 fully saturated rings.